The zero-order valence-corrected chi connectivity index (χ0v) is 9.81. The summed E-state index contributed by atoms with van der Waals surface area (Å²) in [5, 5.41) is 0. The second-order valence-electron chi connectivity index (χ2n) is 1.93. The maximum Gasteiger partial charge on any atom is 0.269 e. The number of nitrogens with zero attached hydrogens (tertiary/aromatic N) is 1. The van der Waals surface area contributed by atoms with Crippen molar-refractivity contribution in [1.82, 2.24) is 4.98 Å². The Hall–Kier alpha value is 0.400. The Morgan fingerprint density at radius 2 is 1.92 bits per heavy atom. The minimum atomic E-state index is -2.81. The van der Waals surface area contributed by atoms with Gasteiger partial charge < -0.3 is 0 Å². The summed E-state index contributed by atoms with van der Waals surface area (Å²) in [4.78, 5) is 3.62. The second kappa shape index (κ2) is 4.07. The van der Waals surface area contributed by atoms with E-state index in [9.17, 15) is 13.2 Å². The van der Waals surface area contributed by atoms with Crippen LogP contribution in [0.1, 0.15) is 12.0 Å². The molecule has 0 atom stereocenters. The van der Waals surface area contributed by atoms with E-state index in [0.717, 1.165) is 0 Å². The molecule has 0 aliphatic heterocycles. The van der Waals surface area contributed by atoms with Crippen LogP contribution in [0.5, 0.6) is 0 Å². The molecule has 0 fully saturated rings. The van der Waals surface area contributed by atoms with Crippen LogP contribution in [0.25, 0.3) is 0 Å². The number of hydrogen-bond donors (Lipinski definition) is 0. The third kappa shape index (κ3) is 2.01. The number of hydrogen-bond acceptors (Lipinski definition) is 1. The molecule has 1 rings (SSSR count). The second-order valence-corrected chi connectivity index (χ2v) is 4.11. The maximum atomic E-state index is 13.0. The molecule has 0 radical (unpaired) electrons. The third-order valence-electron chi connectivity index (χ3n) is 1.18. The molecular weight excluding hydrogens is 397 g/mol. The van der Waals surface area contributed by atoms with Crippen LogP contribution < -0.4 is 0 Å². The first kappa shape index (κ1) is 10.5. The van der Waals surface area contributed by atoms with Crippen LogP contribution in [0.2, 0.25) is 0 Å². The molecule has 0 amide bonds. The van der Waals surface area contributed by atoms with Gasteiger partial charge in [0.1, 0.15) is 9.52 Å². The molecule has 0 aliphatic rings. The quantitative estimate of drug-likeness (QED) is 0.522. The van der Waals surface area contributed by atoms with Gasteiger partial charge in [-0.05, 0) is 45.2 Å². The highest BCUT2D eigenvalue weighted by molar-refractivity contribution is 14.1. The van der Waals surface area contributed by atoms with Crippen molar-refractivity contribution in [2.24, 2.45) is 0 Å². The fraction of sp³-hybridized carbons (Fsp3) is 0.167. The molecule has 0 spiro atoms. The van der Waals surface area contributed by atoms with Crippen LogP contribution in [-0.2, 0) is 0 Å². The number of rotatable bonds is 1. The van der Waals surface area contributed by atoms with Gasteiger partial charge in [0.25, 0.3) is 6.43 Å². The van der Waals surface area contributed by atoms with Gasteiger partial charge in [0, 0.05) is 6.20 Å². The zero-order chi connectivity index (χ0) is 9.30. The minimum Gasteiger partial charge on any atom is -0.248 e. The largest absolute Gasteiger partial charge is 0.269 e. The van der Waals surface area contributed by atoms with E-state index < -0.39 is 17.8 Å². The van der Waals surface area contributed by atoms with Crippen molar-refractivity contribution in [3.8, 4) is 0 Å². The average molecular weight is 399 g/mol. The predicted molar refractivity (Wildman–Crippen MR) is 54.6 cm³/mol. The summed E-state index contributed by atoms with van der Waals surface area (Å²) in [6.07, 6.45) is -1.58. The van der Waals surface area contributed by atoms with Gasteiger partial charge in [-0.15, -0.1) is 0 Å². The van der Waals surface area contributed by atoms with Crippen LogP contribution >= 0.6 is 45.2 Å². The molecule has 6 heteroatoms. The Balaban J connectivity index is 3.33. The van der Waals surface area contributed by atoms with Crippen molar-refractivity contribution >= 4 is 45.2 Å². The van der Waals surface area contributed by atoms with Crippen molar-refractivity contribution in [3.63, 3.8) is 0 Å². The lowest BCUT2D eigenvalue weighted by atomic mass is 10.3. The van der Waals surface area contributed by atoms with E-state index in [1.807, 2.05) is 0 Å². The average Bonchev–Trinajstić information content (AvgIpc) is 1.97. The molecule has 0 N–H and O–H groups in total. The monoisotopic (exact) mass is 399 g/mol. The molecule has 66 valence electrons. The molecule has 1 aromatic heterocycles. The summed E-state index contributed by atoms with van der Waals surface area (Å²) < 4.78 is 37.5. The lowest BCUT2D eigenvalue weighted by Gasteiger charge is -2.04. The van der Waals surface area contributed by atoms with E-state index >= 15 is 0 Å². The van der Waals surface area contributed by atoms with Crippen molar-refractivity contribution in [3.05, 3.63) is 24.8 Å². The van der Waals surface area contributed by atoms with Crippen LogP contribution in [0, 0.1) is 13.1 Å². The number of alkyl halides is 2. The minimum absolute atomic E-state index is 0.0144. The summed E-state index contributed by atoms with van der Waals surface area (Å²) in [5.41, 5.74) is -0.609. The maximum absolute atomic E-state index is 13.0. The molecule has 0 bridgehead atoms. The summed E-state index contributed by atoms with van der Waals surface area (Å²) in [6.45, 7) is 0. The van der Waals surface area contributed by atoms with E-state index in [0.29, 0.717) is 0 Å². The van der Waals surface area contributed by atoms with Gasteiger partial charge in [-0.3, -0.25) is 0 Å². The third-order valence-corrected chi connectivity index (χ3v) is 2.79. The van der Waals surface area contributed by atoms with Crippen molar-refractivity contribution < 1.29 is 13.2 Å². The summed E-state index contributed by atoms with van der Waals surface area (Å²) in [5.74, 6) is -0.870. The predicted octanol–water partition coefficient (Wildman–Crippen LogP) is 3.37. The highest BCUT2D eigenvalue weighted by atomic mass is 127. The van der Waals surface area contributed by atoms with Gasteiger partial charge in [0.05, 0.1) is 9.13 Å². The highest BCUT2D eigenvalue weighted by Crippen LogP contribution is 2.27. The van der Waals surface area contributed by atoms with E-state index in [2.05, 4.69) is 4.98 Å². The van der Waals surface area contributed by atoms with Gasteiger partial charge in [0.15, 0.2) is 0 Å². The molecule has 0 aromatic carbocycles. The zero-order valence-electron chi connectivity index (χ0n) is 5.49. The molecular formula is C6H2F3I2N. The van der Waals surface area contributed by atoms with Gasteiger partial charge in [0.2, 0.25) is 0 Å². The standard InChI is InChI=1S/C6H2F3I2N/c7-4-2(10)1-12-6(11)3(4)5(8)9/h1,5H. The number of aromatic nitrogens is 1. The Labute approximate surface area is 94.0 Å². The molecule has 0 aliphatic carbocycles. The molecule has 0 saturated heterocycles. The van der Waals surface area contributed by atoms with Crippen LogP contribution in [-0.4, -0.2) is 4.98 Å². The SMILES string of the molecule is Fc1c(I)cnc(I)c1C(F)F. The summed E-state index contributed by atoms with van der Waals surface area (Å²) >= 11 is 3.21. The normalized spacial score (nSPS) is 10.8. The Bertz CT molecular complexity index is 303. The number of halogens is 5. The lowest BCUT2D eigenvalue weighted by molar-refractivity contribution is 0.144. The molecule has 1 nitrogen and oxygen atoms in total. The Morgan fingerprint density at radius 1 is 1.33 bits per heavy atom. The fourth-order valence-electron chi connectivity index (χ4n) is 0.645. The van der Waals surface area contributed by atoms with Crippen LogP contribution in [0.3, 0.4) is 0 Å². The van der Waals surface area contributed by atoms with E-state index in [1.54, 1.807) is 45.2 Å². The Morgan fingerprint density at radius 3 is 2.33 bits per heavy atom. The molecule has 0 unspecified atom stereocenters. The van der Waals surface area contributed by atoms with Gasteiger partial charge in [-0.1, -0.05) is 0 Å². The van der Waals surface area contributed by atoms with Crippen LogP contribution in [0.15, 0.2) is 6.20 Å². The van der Waals surface area contributed by atoms with Crippen molar-refractivity contribution in [2.45, 2.75) is 6.43 Å². The lowest BCUT2D eigenvalue weighted by Crippen LogP contribution is -2.00. The number of pyridine rings is 1. The molecule has 0 saturated carbocycles. The first-order valence-electron chi connectivity index (χ1n) is 2.81. The topological polar surface area (TPSA) is 12.9 Å². The fourth-order valence-corrected chi connectivity index (χ4v) is 1.69. The summed E-state index contributed by atoms with van der Waals surface area (Å²) in [7, 11) is 0. The molecule has 12 heavy (non-hydrogen) atoms. The first-order valence-corrected chi connectivity index (χ1v) is 4.97. The molecule has 1 heterocycles. The van der Waals surface area contributed by atoms with E-state index in [1.165, 1.54) is 6.20 Å². The van der Waals surface area contributed by atoms with Crippen molar-refractivity contribution in [1.29, 1.82) is 0 Å². The van der Waals surface area contributed by atoms with Gasteiger partial charge in [-0.25, -0.2) is 18.2 Å². The van der Waals surface area contributed by atoms with Gasteiger partial charge in [-0.2, -0.15) is 0 Å². The smallest absolute Gasteiger partial charge is 0.248 e. The van der Waals surface area contributed by atoms with Crippen LogP contribution in [0.4, 0.5) is 13.2 Å². The first-order chi connectivity index (χ1) is 5.54. The van der Waals surface area contributed by atoms with Gasteiger partial charge >= 0.3 is 0 Å². The Kier molecular flexibility index (Phi) is 3.56. The van der Waals surface area contributed by atoms with E-state index in [4.69, 9.17) is 0 Å². The molecule has 1 aromatic rings. The highest BCUT2D eigenvalue weighted by Gasteiger charge is 2.20. The van der Waals surface area contributed by atoms with E-state index in [-0.39, 0.29) is 7.27 Å². The van der Waals surface area contributed by atoms with Crippen molar-refractivity contribution in [2.75, 3.05) is 0 Å². The summed E-state index contributed by atoms with van der Waals surface area (Å²) in [6, 6.07) is 0.